The molecule has 0 aliphatic heterocycles. The van der Waals surface area contributed by atoms with E-state index in [0.717, 1.165) is 0 Å². The van der Waals surface area contributed by atoms with E-state index < -0.39 is 5.97 Å². The Morgan fingerprint density at radius 3 is 2.84 bits per heavy atom. The Balaban J connectivity index is 2.61. The Morgan fingerprint density at radius 1 is 1.53 bits per heavy atom. The van der Waals surface area contributed by atoms with Crippen LogP contribution in [0.2, 0.25) is 5.02 Å². The maximum atomic E-state index is 11.1. The maximum absolute atomic E-state index is 11.1. The largest absolute Gasteiger partial charge is 0.497 e. The first-order chi connectivity index (χ1) is 9.08. The SMILES string of the molecule is CCc1c(C(=O)O)nnn1-c1cc(OC)ccc1Cl. The van der Waals surface area contributed by atoms with E-state index in [0.29, 0.717) is 28.6 Å². The Morgan fingerprint density at radius 2 is 2.26 bits per heavy atom. The summed E-state index contributed by atoms with van der Waals surface area (Å²) in [6.45, 7) is 1.83. The minimum absolute atomic E-state index is 0.0682. The molecular weight excluding hydrogens is 270 g/mol. The minimum Gasteiger partial charge on any atom is -0.497 e. The molecule has 0 fully saturated rings. The van der Waals surface area contributed by atoms with Crippen molar-refractivity contribution in [3.8, 4) is 11.4 Å². The number of carbonyl (C=O) groups is 1. The van der Waals surface area contributed by atoms with E-state index in [1.807, 2.05) is 6.92 Å². The molecule has 0 unspecified atom stereocenters. The molecule has 100 valence electrons. The maximum Gasteiger partial charge on any atom is 0.358 e. The summed E-state index contributed by atoms with van der Waals surface area (Å²) in [5.74, 6) is -0.504. The molecule has 0 saturated carbocycles. The lowest BCUT2D eigenvalue weighted by molar-refractivity contribution is 0.0689. The molecule has 1 aromatic heterocycles. The predicted octanol–water partition coefficient (Wildman–Crippen LogP) is 2.19. The second-order valence-corrected chi connectivity index (χ2v) is 4.18. The average molecular weight is 282 g/mol. The third-order valence-corrected chi connectivity index (χ3v) is 3.00. The number of aromatic nitrogens is 3. The summed E-state index contributed by atoms with van der Waals surface area (Å²) < 4.78 is 6.55. The van der Waals surface area contributed by atoms with E-state index in [9.17, 15) is 4.79 Å². The molecule has 0 bridgehead atoms. The fourth-order valence-corrected chi connectivity index (χ4v) is 1.96. The highest BCUT2D eigenvalue weighted by atomic mass is 35.5. The van der Waals surface area contributed by atoms with Crippen molar-refractivity contribution < 1.29 is 14.6 Å². The van der Waals surface area contributed by atoms with E-state index in [1.165, 1.54) is 11.8 Å². The molecule has 6 nitrogen and oxygen atoms in total. The average Bonchev–Trinajstić information content (AvgIpc) is 2.83. The summed E-state index contributed by atoms with van der Waals surface area (Å²) in [5.41, 5.74) is 0.960. The van der Waals surface area contributed by atoms with Crippen LogP contribution in [0.25, 0.3) is 5.69 Å². The molecular formula is C12H12ClN3O3. The third kappa shape index (κ3) is 2.39. The van der Waals surface area contributed by atoms with Gasteiger partial charge in [0.15, 0.2) is 5.69 Å². The van der Waals surface area contributed by atoms with Crippen LogP contribution in [-0.4, -0.2) is 33.2 Å². The summed E-state index contributed by atoms with van der Waals surface area (Å²) in [4.78, 5) is 11.1. The van der Waals surface area contributed by atoms with Crippen LogP contribution in [0.3, 0.4) is 0 Å². The molecule has 7 heteroatoms. The van der Waals surface area contributed by atoms with Crippen molar-refractivity contribution in [3.63, 3.8) is 0 Å². The molecule has 1 N–H and O–H groups in total. The van der Waals surface area contributed by atoms with Crippen molar-refractivity contribution in [2.75, 3.05) is 7.11 Å². The van der Waals surface area contributed by atoms with Gasteiger partial charge in [-0.05, 0) is 18.6 Å². The van der Waals surface area contributed by atoms with Gasteiger partial charge in [-0.15, -0.1) is 5.10 Å². The van der Waals surface area contributed by atoms with Crippen LogP contribution in [0, 0.1) is 0 Å². The second kappa shape index (κ2) is 5.27. The van der Waals surface area contributed by atoms with Crippen molar-refractivity contribution in [2.45, 2.75) is 13.3 Å². The van der Waals surface area contributed by atoms with E-state index >= 15 is 0 Å². The number of carboxylic acid groups (broad SMARTS) is 1. The van der Waals surface area contributed by atoms with E-state index in [-0.39, 0.29) is 5.69 Å². The van der Waals surface area contributed by atoms with Gasteiger partial charge in [-0.25, -0.2) is 9.48 Å². The topological polar surface area (TPSA) is 77.2 Å². The van der Waals surface area contributed by atoms with Gasteiger partial charge in [-0.2, -0.15) is 0 Å². The van der Waals surface area contributed by atoms with E-state index in [1.54, 1.807) is 18.2 Å². The second-order valence-electron chi connectivity index (χ2n) is 3.77. The monoisotopic (exact) mass is 281 g/mol. The fraction of sp³-hybridized carbons (Fsp3) is 0.250. The van der Waals surface area contributed by atoms with Gasteiger partial charge in [-0.3, -0.25) is 0 Å². The van der Waals surface area contributed by atoms with Gasteiger partial charge < -0.3 is 9.84 Å². The highest BCUT2D eigenvalue weighted by Gasteiger charge is 2.19. The Hall–Kier alpha value is -2.08. The zero-order valence-electron chi connectivity index (χ0n) is 10.4. The van der Waals surface area contributed by atoms with Crippen molar-refractivity contribution in [2.24, 2.45) is 0 Å². The highest BCUT2D eigenvalue weighted by molar-refractivity contribution is 6.32. The minimum atomic E-state index is -1.11. The molecule has 19 heavy (non-hydrogen) atoms. The van der Waals surface area contributed by atoms with Crippen molar-refractivity contribution in [3.05, 3.63) is 34.6 Å². The van der Waals surface area contributed by atoms with Gasteiger partial charge in [0.25, 0.3) is 0 Å². The predicted molar refractivity (Wildman–Crippen MR) is 69.3 cm³/mol. The van der Waals surface area contributed by atoms with E-state index in [4.69, 9.17) is 21.4 Å². The first kappa shape index (κ1) is 13.4. The van der Waals surface area contributed by atoms with Crippen LogP contribution in [0.1, 0.15) is 23.1 Å². The molecule has 0 saturated heterocycles. The number of methoxy groups -OCH3 is 1. The van der Waals surface area contributed by atoms with Crippen molar-refractivity contribution in [1.82, 2.24) is 15.0 Å². The smallest absolute Gasteiger partial charge is 0.358 e. The first-order valence-corrected chi connectivity index (χ1v) is 5.98. The summed E-state index contributed by atoms with van der Waals surface area (Å²) >= 11 is 6.11. The standard InChI is InChI=1S/C12H12ClN3O3/c1-3-9-11(12(17)18)14-15-16(9)10-6-7(19-2)4-5-8(10)13/h4-6H,3H2,1-2H3,(H,17,18). The Labute approximate surface area is 114 Å². The van der Waals surface area contributed by atoms with Crippen molar-refractivity contribution >= 4 is 17.6 Å². The van der Waals surface area contributed by atoms with Gasteiger partial charge in [-0.1, -0.05) is 23.7 Å². The molecule has 0 radical (unpaired) electrons. The number of hydrogen-bond donors (Lipinski definition) is 1. The molecule has 0 spiro atoms. The van der Waals surface area contributed by atoms with Gasteiger partial charge in [0.05, 0.1) is 23.5 Å². The third-order valence-electron chi connectivity index (χ3n) is 2.68. The van der Waals surface area contributed by atoms with Crippen LogP contribution in [0.15, 0.2) is 18.2 Å². The number of nitrogens with zero attached hydrogens (tertiary/aromatic N) is 3. The van der Waals surface area contributed by atoms with Crippen LogP contribution < -0.4 is 4.74 Å². The Kier molecular flexibility index (Phi) is 3.71. The number of halogens is 1. The van der Waals surface area contributed by atoms with Crippen LogP contribution in [0.5, 0.6) is 5.75 Å². The molecule has 0 atom stereocenters. The van der Waals surface area contributed by atoms with Gasteiger partial charge in [0.2, 0.25) is 0 Å². The lowest BCUT2D eigenvalue weighted by atomic mass is 10.2. The summed E-state index contributed by atoms with van der Waals surface area (Å²) in [6, 6.07) is 5.06. The number of ether oxygens (including phenoxy) is 1. The molecule has 2 rings (SSSR count). The molecule has 0 amide bonds. The molecule has 1 heterocycles. The van der Waals surface area contributed by atoms with E-state index in [2.05, 4.69) is 10.3 Å². The molecule has 0 aliphatic rings. The number of benzene rings is 1. The van der Waals surface area contributed by atoms with Gasteiger partial charge in [0, 0.05) is 6.07 Å². The summed E-state index contributed by atoms with van der Waals surface area (Å²) in [5, 5.41) is 17.0. The molecule has 1 aromatic carbocycles. The number of carboxylic acids is 1. The molecule has 2 aromatic rings. The highest BCUT2D eigenvalue weighted by Crippen LogP contribution is 2.26. The summed E-state index contributed by atoms with van der Waals surface area (Å²) in [6.07, 6.45) is 0.474. The number of hydrogen-bond acceptors (Lipinski definition) is 4. The molecule has 0 aliphatic carbocycles. The van der Waals surface area contributed by atoms with Gasteiger partial charge >= 0.3 is 5.97 Å². The zero-order valence-corrected chi connectivity index (χ0v) is 11.2. The lowest BCUT2D eigenvalue weighted by Crippen LogP contribution is -2.06. The van der Waals surface area contributed by atoms with Crippen molar-refractivity contribution in [1.29, 1.82) is 0 Å². The Bertz CT molecular complexity index is 625. The zero-order chi connectivity index (χ0) is 14.0. The number of rotatable bonds is 4. The van der Waals surface area contributed by atoms with Crippen LogP contribution in [0.4, 0.5) is 0 Å². The fourth-order valence-electron chi connectivity index (χ4n) is 1.76. The van der Waals surface area contributed by atoms with Crippen LogP contribution >= 0.6 is 11.6 Å². The van der Waals surface area contributed by atoms with Crippen LogP contribution in [-0.2, 0) is 6.42 Å². The first-order valence-electron chi connectivity index (χ1n) is 5.60. The summed E-state index contributed by atoms with van der Waals surface area (Å²) in [7, 11) is 1.54. The van der Waals surface area contributed by atoms with Gasteiger partial charge in [0.1, 0.15) is 5.75 Å². The normalized spacial score (nSPS) is 10.5. The number of aromatic carboxylic acids is 1. The quantitative estimate of drug-likeness (QED) is 0.929. The lowest BCUT2D eigenvalue weighted by Gasteiger charge is -2.09.